The molecule has 0 saturated carbocycles. The minimum atomic E-state index is -0.459. The van der Waals surface area contributed by atoms with Crippen molar-refractivity contribution in [2.45, 2.75) is 0 Å². The third-order valence-corrected chi connectivity index (χ3v) is 2.95. The number of pyridine rings is 1. The van der Waals surface area contributed by atoms with Gasteiger partial charge < -0.3 is 4.57 Å². The molecule has 0 radical (unpaired) electrons. The Bertz CT molecular complexity index is 695. The summed E-state index contributed by atoms with van der Waals surface area (Å²) in [4.78, 5) is 23.7. The lowest BCUT2D eigenvalue weighted by atomic mass is 10.1. The Balaban J connectivity index is 2.66. The Morgan fingerprint density at radius 2 is 2.11 bits per heavy atom. The Kier molecular flexibility index (Phi) is 3.69. The van der Waals surface area contributed by atoms with Crippen LogP contribution in [-0.4, -0.2) is 10.5 Å². The number of nitrogen functional groups attached to an aromatic ring is 1. The van der Waals surface area contributed by atoms with Gasteiger partial charge in [-0.25, -0.2) is 5.84 Å². The van der Waals surface area contributed by atoms with Crippen LogP contribution in [0.15, 0.2) is 41.3 Å². The zero-order chi connectivity index (χ0) is 14.0. The molecule has 0 bridgehead atoms. The minimum absolute atomic E-state index is 0.212. The third kappa shape index (κ3) is 2.67. The Morgan fingerprint density at radius 1 is 1.37 bits per heavy atom. The second kappa shape index (κ2) is 5.26. The van der Waals surface area contributed by atoms with Crippen LogP contribution < -0.4 is 16.8 Å². The lowest BCUT2D eigenvalue weighted by molar-refractivity contribution is 0.0953. The first-order valence-corrected chi connectivity index (χ1v) is 5.88. The summed E-state index contributed by atoms with van der Waals surface area (Å²) in [5.74, 6) is 4.64. The fourth-order valence-corrected chi connectivity index (χ4v) is 1.97. The number of benzene rings is 1. The molecule has 0 spiro atoms. The molecule has 2 rings (SSSR count). The van der Waals surface area contributed by atoms with Crippen molar-refractivity contribution in [1.82, 2.24) is 9.99 Å². The quantitative estimate of drug-likeness (QED) is 0.494. The molecule has 0 saturated heterocycles. The van der Waals surface area contributed by atoms with Crippen LogP contribution in [0.4, 0.5) is 0 Å². The van der Waals surface area contributed by atoms with Gasteiger partial charge in [-0.3, -0.25) is 15.0 Å². The molecule has 0 fully saturated rings. The van der Waals surface area contributed by atoms with E-state index in [4.69, 9.17) is 17.4 Å². The summed E-state index contributed by atoms with van der Waals surface area (Å²) in [6.45, 7) is 0. The summed E-state index contributed by atoms with van der Waals surface area (Å²) in [6.07, 6.45) is 1.43. The maximum absolute atomic E-state index is 12.1. The van der Waals surface area contributed by atoms with Gasteiger partial charge in [0.2, 0.25) is 0 Å². The first-order valence-electron chi connectivity index (χ1n) is 5.50. The van der Waals surface area contributed by atoms with E-state index in [1.165, 1.54) is 16.8 Å². The minimum Gasteiger partial charge on any atom is -0.317 e. The van der Waals surface area contributed by atoms with Gasteiger partial charge in [-0.05, 0) is 23.8 Å². The average molecular weight is 278 g/mol. The van der Waals surface area contributed by atoms with E-state index in [0.717, 1.165) is 0 Å². The zero-order valence-corrected chi connectivity index (χ0v) is 10.9. The molecule has 98 valence electrons. The highest BCUT2D eigenvalue weighted by Crippen LogP contribution is 2.20. The van der Waals surface area contributed by atoms with Gasteiger partial charge in [0, 0.05) is 23.8 Å². The molecule has 0 atom stereocenters. The number of aryl methyl sites for hydroxylation is 1. The van der Waals surface area contributed by atoms with E-state index in [9.17, 15) is 9.59 Å². The summed E-state index contributed by atoms with van der Waals surface area (Å²) in [5, 5.41) is 0.522. The molecule has 1 aromatic carbocycles. The highest BCUT2D eigenvalue weighted by Gasteiger charge is 2.11. The van der Waals surface area contributed by atoms with Crippen LogP contribution in [-0.2, 0) is 7.05 Å². The number of carbonyl (C=O) groups is 1. The van der Waals surface area contributed by atoms with Gasteiger partial charge in [-0.2, -0.15) is 0 Å². The maximum atomic E-state index is 12.1. The summed E-state index contributed by atoms with van der Waals surface area (Å²) in [5.41, 5.74) is 3.18. The molecule has 0 unspecified atom stereocenters. The number of rotatable bonds is 2. The first kappa shape index (κ1) is 13.3. The molecule has 1 aromatic heterocycles. The topological polar surface area (TPSA) is 77.1 Å². The maximum Gasteiger partial charge on any atom is 0.266 e. The van der Waals surface area contributed by atoms with E-state index in [1.807, 2.05) is 5.43 Å². The predicted octanol–water partition coefficient (Wildman–Crippen LogP) is 1.31. The van der Waals surface area contributed by atoms with Crippen LogP contribution in [0.5, 0.6) is 0 Å². The molecular formula is C13H12ClN3O2. The van der Waals surface area contributed by atoms with Crippen LogP contribution in [0.2, 0.25) is 5.02 Å². The van der Waals surface area contributed by atoms with Gasteiger partial charge >= 0.3 is 0 Å². The molecule has 0 aliphatic rings. The summed E-state index contributed by atoms with van der Waals surface area (Å²) in [7, 11) is 1.57. The second-order valence-corrected chi connectivity index (χ2v) is 4.48. The number of carbonyl (C=O) groups excluding carboxylic acids is 1. The molecule has 3 N–H and O–H groups in total. The lowest BCUT2D eigenvalue weighted by Crippen LogP contribution is -2.31. The van der Waals surface area contributed by atoms with Crippen molar-refractivity contribution in [2.24, 2.45) is 12.9 Å². The summed E-state index contributed by atoms with van der Waals surface area (Å²) >= 11 is 5.91. The van der Waals surface area contributed by atoms with Crippen LogP contribution in [0.25, 0.3) is 11.1 Å². The van der Waals surface area contributed by atoms with Crippen molar-refractivity contribution < 1.29 is 4.79 Å². The highest BCUT2D eigenvalue weighted by molar-refractivity contribution is 6.30. The van der Waals surface area contributed by atoms with E-state index in [0.29, 0.717) is 21.7 Å². The van der Waals surface area contributed by atoms with Gasteiger partial charge in [0.1, 0.15) is 0 Å². The Hall–Kier alpha value is -2.11. The van der Waals surface area contributed by atoms with Crippen molar-refractivity contribution in [3.05, 3.63) is 57.5 Å². The molecule has 1 heterocycles. The smallest absolute Gasteiger partial charge is 0.266 e. The number of amides is 1. The van der Waals surface area contributed by atoms with Gasteiger partial charge in [-0.15, -0.1) is 0 Å². The molecule has 1 amide bonds. The standard InChI is InChI=1S/C13H12ClN3O2/c1-17-7-9(12(18)16-15)6-11(13(17)19)8-3-2-4-10(14)5-8/h2-7H,15H2,1H3,(H,16,18). The average Bonchev–Trinajstić information content (AvgIpc) is 2.40. The van der Waals surface area contributed by atoms with Crippen LogP contribution >= 0.6 is 11.6 Å². The van der Waals surface area contributed by atoms with Crippen LogP contribution in [0.1, 0.15) is 10.4 Å². The normalized spacial score (nSPS) is 10.3. The Labute approximate surface area is 114 Å². The molecule has 2 aromatic rings. The number of nitrogens with zero attached hydrogens (tertiary/aromatic N) is 1. The highest BCUT2D eigenvalue weighted by atomic mass is 35.5. The zero-order valence-electron chi connectivity index (χ0n) is 10.2. The first-order chi connectivity index (χ1) is 9.02. The molecule has 6 heteroatoms. The molecule has 0 aliphatic heterocycles. The van der Waals surface area contributed by atoms with Crippen molar-refractivity contribution in [3.63, 3.8) is 0 Å². The van der Waals surface area contributed by atoms with Gasteiger partial charge in [0.25, 0.3) is 11.5 Å². The Morgan fingerprint density at radius 3 is 2.74 bits per heavy atom. The molecule has 0 aliphatic carbocycles. The van der Waals surface area contributed by atoms with E-state index in [2.05, 4.69) is 0 Å². The summed E-state index contributed by atoms with van der Waals surface area (Å²) < 4.78 is 1.33. The van der Waals surface area contributed by atoms with E-state index < -0.39 is 5.91 Å². The van der Waals surface area contributed by atoms with Gasteiger partial charge in [0.05, 0.1) is 5.56 Å². The SMILES string of the molecule is Cn1cc(C(=O)NN)cc(-c2cccc(Cl)c2)c1=O. The van der Waals surface area contributed by atoms with Crippen LogP contribution in [0.3, 0.4) is 0 Å². The second-order valence-electron chi connectivity index (χ2n) is 4.04. The van der Waals surface area contributed by atoms with E-state index in [-0.39, 0.29) is 5.56 Å². The van der Waals surface area contributed by atoms with Crippen molar-refractivity contribution in [3.8, 4) is 11.1 Å². The number of aromatic nitrogens is 1. The van der Waals surface area contributed by atoms with Crippen molar-refractivity contribution >= 4 is 17.5 Å². The number of hydrogen-bond acceptors (Lipinski definition) is 3. The van der Waals surface area contributed by atoms with Crippen molar-refractivity contribution in [2.75, 3.05) is 0 Å². The van der Waals surface area contributed by atoms with E-state index in [1.54, 1.807) is 31.3 Å². The number of hydrazine groups is 1. The molecule has 19 heavy (non-hydrogen) atoms. The van der Waals surface area contributed by atoms with Gasteiger partial charge in [0.15, 0.2) is 0 Å². The largest absolute Gasteiger partial charge is 0.317 e. The number of nitrogens with two attached hydrogens (primary N) is 1. The fraction of sp³-hybridized carbons (Fsp3) is 0.0769. The summed E-state index contributed by atoms with van der Waals surface area (Å²) in [6, 6.07) is 8.38. The fourth-order valence-electron chi connectivity index (χ4n) is 1.78. The van der Waals surface area contributed by atoms with Gasteiger partial charge in [-0.1, -0.05) is 23.7 Å². The third-order valence-electron chi connectivity index (χ3n) is 2.71. The molecular weight excluding hydrogens is 266 g/mol. The monoisotopic (exact) mass is 277 g/mol. The predicted molar refractivity (Wildman–Crippen MR) is 73.8 cm³/mol. The number of halogens is 1. The van der Waals surface area contributed by atoms with E-state index >= 15 is 0 Å². The van der Waals surface area contributed by atoms with Crippen molar-refractivity contribution in [1.29, 1.82) is 0 Å². The lowest BCUT2D eigenvalue weighted by Gasteiger charge is -2.08. The number of hydrogen-bond donors (Lipinski definition) is 2. The molecule has 5 nitrogen and oxygen atoms in total. The van der Waals surface area contributed by atoms with Crippen LogP contribution in [0, 0.1) is 0 Å². The number of nitrogens with one attached hydrogen (secondary N) is 1.